The normalized spacial score (nSPS) is 11.1. The van der Waals surface area contributed by atoms with Crippen molar-refractivity contribution in [2.24, 2.45) is 0 Å². The summed E-state index contributed by atoms with van der Waals surface area (Å²) in [6.45, 7) is 2.02. The second-order valence-corrected chi connectivity index (χ2v) is 7.72. The minimum atomic E-state index is -0.215. The summed E-state index contributed by atoms with van der Waals surface area (Å²) >= 11 is 13.5. The zero-order valence-corrected chi connectivity index (χ0v) is 16.3. The summed E-state index contributed by atoms with van der Waals surface area (Å²) in [4.78, 5) is 30.0. The Morgan fingerprint density at radius 3 is 2.93 bits per heavy atom. The van der Waals surface area contributed by atoms with E-state index in [1.54, 1.807) is 29.2 Å². The fourth-order valence-corrected chi connectivity index (χ4v) is 3.76. The van der Waals surface area contributed by atoms with E-state index in [4.69, 9.17) is 23.2 Å². The Hall–Kier alpha value is -2.55. The summed E-state index contributed by atoms with van der Waals surface area (Å²) in [5.41, 5.74) is 2.84. The van der Waals surface area contributed by atoms with Gasteiger partial charge < -0.3 is 9.88 Å². The summed E-state index contributed by atoms with van der Waals surface area (Å²) in [5, 5.41) is 4.28. The Morgan fingerprint density at radius 2 is 2.11 bits per heavy atom. The van der Waals surface area contributed by atoms with Crippen molar-refractivity contribution in [3.63, 3.8) is 0 Å². The fraction of sp³-hybridized carbons (Fsp3) is 0.118. The van der Waals surface area contributed by atoms with Crippen LogP contribution in [0.3, 0.4) is 0 Å². The molecule has 0 aliphatic heterocycles. The number of fused-ring (bicyclic) bond motifs is 1. The average molecular weight is 419 g/mol. The molecule has 0 aliphatic rings. The number of rotatable bonds is 4. The molecule has 3 heterocycles. The third-order valence-corrected chi connectivity index (χ3v) is 5.48. The third kappa shape index (κ3) is 3.64. The highest BCUT2D eigenvalue weighted by atomic mass is 35.5. The minimum absolute atomic E-state index is 0.0879. The number of hydrogen-bond acceptors (Lipinski definition) is 6. The molecule has 7 nitrogen and oxygen atoms in total. The summed E-state index contributed by atoms with van der Waals surface area (Å²) in [5.74, 6) is -0.215. The summed E-state index contributed by atoms with van der Waals surface area (Å²) in [7, 11) is 0. The van der Waals surface area contributed by atoms with E-state index in [0.29, 0.717) is 26.3 Å². The van der Waals surface area contributed by atoms with Gasteiger partial charge in [0.2, 0.25) is 5.91 Å². The predicted octanol–water partition coefficient (Wildman–Crippen LogP) is 4.20. The number of anilines is 1. The monoisotopic (exact) mass is 418 g/mol. The first-order chi connectivity index (χ1) is 13.0. The standard InChI is InChI=1S/C17H12Cl2N6OS/c1-9-15(10-2-3-11(18)12(19)4-10)24-17(27-9)23-14(26)6-25-8-22-16-13(25)5-20-7-21-16/h2-5,7-8H,6H2,1H3,(H,23,24,26). The molecule has 0 bridgehead atoms. The third-order valence-electron chi connectivity index (χ3n) is 3.85. The smallest absolute Gasteiger partial charge is 0.246 e. The fourth-order valence-electron chi connectivity index (χ4n) is 2.61. The molecular formula is C17H12Cl2N6OS. The zero-order chi connectivity index (χ0) is 19.0. The molecule has 0 spiro atoms. The van der Waals surface area contributed by atoms with Crippen molar-refractivity contribution in [2.45, 2.75) is 13.5 Å². The second kappa shape index (κ2) is 7.22. The molecule has 0 saturated carbocycles. The summed E-state index contributed by atoms with van der Waals surface area (Å²) < 4.78 is 1.69. The first-order valence-corrected chi connectivity index (χ1v) is 9.42. The molecule has 0 aliphatic carbocycles. The summed E-state index contributed by atoms with van der Waals surface area (Å²) in [6.07, 6.45) is 4.61. The number of benzene rings is 1. The van der Waals surface area contributed by atoms with Crippen LogP contribution < -0.4 is 5.32 Å². The number of carbonyl (C=O) groups excluding carboxylic acids is 1. The highest BCUT2D eigenvalue weighted by molar-refractivity contribution is 7.16. The van der Waals surface area contributed by atoms with Crippen molar-refractivity contribution in [2.75, 3.05) is 5.32 Å². The van der Waals surface area contributed by atoms with Gasteiger partial charge in [0.05, 0.1) is 28.3 Å². The Bertz CT molecular complexity index is 1160. The van der Waals surface area contributed by atoms with E-state index in [1.165, 1.54) is 17.7 Å². The lowest BCUT2D eigenvalue weighted by Crippen LogP contribution is -2.18. The number of amides is 1. The maximum absolute atomic E-state index is 12.4. The molecular weight excluding hydrogens is 407 g/mol. The van der Waals surface area contributed by atoms with Gasteiger partial charge in [-0.2, -0.15) is 0 Å². The van der Waals surface area contributed by atoms with Gasteiger partial charge in [0.15, 0.2) is 10.8 Å². The number of nitrogens with zero attached hydrogens (tertiary/aromatic N) is 5. The average Bonchev–Trinajstić information content (AvgIpc) is 3.21. The van der Waals surface area contributed by atoms with Gasteiger partial charge in [0.25, 0.3) is 0 Å². The first-order valence-electron chi connectivity index (χ1n) is 7.85. The number of halogens is 2. The Morgan fingerprint density at radius 1 is 1.26 bits per heavy atom. The molecule has 4 aromatic rings. The maximum atomic E-state index is 12.4. The molecule has 3 aromatic heterocycles. The second-order valence-electron chi connectivity index (χ2n) is 5.70. The van der Waals surface area contributed by atoms with Crippen LogP contribution in [0, 0.1) is 6.92 Å². The van der Waals surface area contributed by atoms with Crippen molar-refractivity contribution in [1.82, 2.24) is 24.5 Å². The highest BCUT2D eigenvalue weighted by Gasteiger charge is 2.14. The van der Waals surface area contributed by atoms with Crippen LogP contribution in [0.25, 0.3) is 22.4 Å². The van der Waals surface area contributed by atoms with Crippen molar-refractivity contribution in [1.29, 1.82) is 0 Å². The quantitative estimate of drug-likeness (QED) is 0.536. The van der Waals surface area contributed by atoms with Crippen molar-refractivity contribution >= 4 is 56.7 Å². The van der Waals surface area contributed by atoms with Gasteiger partial charge in [-0.1, -0.05) is 29.3 Å². The molecule has 136 valence electrons. The lowest BCUT2D eigenvalue weighted by Gasteiger charge is -2.04. The van der Waals surface area contributed by atoms with E-state index in [1.807, 2.05) is 13.0 Å². The van der Waals surface area contributed by atoms with E-state index in [9.17, 15) is 4.79 Å². The number of imidazole rings is 1. The number of aromatic nitrogens is 5. The summed E-state index contributed by atoms with van der Waals surface area (Å²) in [6, 6.07) is 5.33. The van der Waals surface area contributed by atoms with Gasteiger partial charge in [-0.25, -0.2) is 19.9 Å². The molecule has 0 atom stereocenters. The SMILES string of the molecule is Cc1sc(NC(=O)Cn2cnc3ncncc32)nc1-c1ccc(Cl)c(Cl)c1. The van der Waals surface area contributed by atoms with Gasteiger partial charge in [0, 0.05) is 10.4 Å². The maximum Gasteiger partial charge on any atom is 0.246 e. The number of aryl methyl sites for hydroxylation is 1. The number of carbonyl (C=O) groups is 1. The van der Waals surface area contributed by atoms with Crippen molar-refractivity contribution in [3.8, 4) is 11.3 Å². The van der Waals surface area contributed by atoms with E-state index in [0.717, 1.165) is 16.1 Å². The van der Waals surface area contributed by atoms with Crippen LogP contribution >= 0.6 is 34.5 Å². The Labute approximate surface area is 168 Å². The molecule has 1 aromatic carbocycles. The molecule has 1 N–H and O–H groups in total. The molecule has 27 heavy (non-hydrogen) atoms. The van der Waals surface area contributed by atoms with Gasteiger partial charge >= 0.3 is 0 Å². The van der Waals surface area contributed by atoms with Crippen LogP contribution in [0.4, 0.5) is 5.13 Å². The molecule has 0 unspecified atom stereocenters. The lowest BCUT2D eigenvalue weighted by molar-refractivity contribution is -0.116. The minimum Gasteiger partial charge on any atom is -0.318 e. The largest absolute Gasteiger partial charge is 0.318 e. The van der Waals surface area contributed by atoms with E-state index in [2.05, 4.69) is 25.3 Å². The number of thiazole rings is 1. The Kier molecular flexibility index (Phi) is 4.77. The first kappa shape index (κ1) is 17.8. The Balaban J connectivity index is 1.53. The van der Waals surface area contributed by atoms with Crippen LogP contribution in [-0.4, -0.2) is 30.4 Å². The van der Waals surface area contributed by atoms with Crippen LogP contribution in [0.5, 0.6) is 0 Å². The molecule has 1 amide bonds. The predicted molar refractivity (Wildman–Crippen MR) is 106 cm³/mol. The molecule has 10 heteroatoms. The molecule has 4 rings (SSSR count). The van der Waals surface area contributed by atoms with E-state index in [-0.39, 0.29) is 12.5 Å². The van der Waals surface area contributed by atoms with Crippen molar-refractivity contribution < 1.29 is 4.79 Å². The van der Waals surface area contributed by atoms with Gasteiger partial charge in [-0.3, -0.25) is 4.79 Å². The highest BCUT2D eigenvalue weighted by Crippen LogP contribution is 2.33. The van der Waals surface area contributed by atoms with E-state index >= 15 is 0 Å². The van der Waals surface area contributed by atoms with Crippen LogP contribution in [0.15, 0.2) is 37.1 Å². The molecule has 0 saturated heterocycles. The van der Waals surface area contributed by atoms with Crippen molar-refractivity contribution in [3.05, 3.63) is 52.0 Å². The van der Waals surface area contributed by atoms with Crippen LogP contribution in [0.1, 0.15) is 4.88 Å². The van der Waals surface area contributed by atoms with Crippen LogP contribution in [0.2, 0.25) is 10.0 Å². The van der Waals surface area contributed by atoms with Gasteiger partial charge in [-0.05, 0) is 19.1 Å². The molecule has 0 radical (unpaired) electrons. The van der Waals surface area contributed by atoms with Crippen LogP contribution in [-0.2, 0) is 11.3 Å². The number of hydrogen-bond donors (Lipinski definition) is 1. The van der Waals surface area contributed by atoms with Gasteiger partial charge in [-0.15, -0.1) is 11.3 Å². The lowest BCUT2D eigenvalue weighted by atomic mass is 10.1. The topological polar surface area (TPSA) is 85.6 Å². The molecule has 0 fully saturated rings. The zero-order valence-electron chi connectivity index (χ0n) is 14.0. The van der Waals surface area contributed by atoms with E-state index < -0.39 is 0 Å². The number of nitrogens with one attached hydrogen (secondary N) is 1. The van der Waals surface area contributed by atoms with Gasteiger partial charge in [0.1, 0.15) is 18.4 Å².